The molecule has 0 saturated carbocycles. The molecule has 2 aromatic carbocycles. The molecule has 1 atom stereocenters. The fraction of sp³-hybridized carbons (Fsp3) is 0.200. The Morgan fingerprint density at radius 1 is 1.09 bits per heavy atom. The summed E-state index contributed by atoms with van der Waals surface area (Å²) in [5.41, 5.74) is 0.438. The summed E-state index contributed by atoms with van der Waals surface area (Å²) >= 11 is 0.859. The SMILES string of the molecule is C[C@H](Cc1ccccc1)OSc1ccc([N+](=O)[O-])cc1[N+](=O)[O-]. The third-order valence-corrected chi connectivity index (χ3v) is 3.97. The molecule has 0 bridgehead atoms. The molecule has 120 valence electrons. The van der Waals surface area contributed by atoms with Gasteiger partial charge in [0.1, 0.15) is 4.90 Å². The van der Waals surface area contributed by atoms with Crippen LogP contribution in [0.4, 0.5) is 11.4 Å². The number of nitro benzene ring substituents is 2. The summed E-state index contributed by atoms with van der Waals surface area (Å²) in [5, 5.41) is 21.7. The van der Waals surface area contributed by atoms with Crippen molar-refractivity contribution in [3.05, 3.63) is 74.3 Å². The summed E-state index contributed by atoms with van der Waals surface area (Å²) < 4.78 is 5.57. The molecular weight excluding hydrogens is 320 g/mol. The van der Waals surface area contributed by atoms with Crippen LogP contribution in [0.2, 0.25) is 0 Å². The second-order valence-electron chi connectivity index (χ2n) is 4.85. The van der Waals surface area contributed by atoms with Crippen LogP contribution in [0.5, 0.6) is 0 Å². The van der Waals surface area contributed by atoms with Crippen LogP contribution in [0.25, 0.3) is 0 Å². The lowest BCUT2D eigenvalue weighted by atomic mass is 10.1. The van der Waals surface area contributed by atoms with Crippen LogP contribution in [-0.4, -0.2) is 16.0 Å². The molecule has 0 heterocycles. The van der Waals surface area contributed by atoms with Gasteiger partial charge in [0.05, 0.1) is 22.0 Å². The second kappa shape index (κ2) is 7.70. The number of hydrogen-bond donors (Lipinski definition) is 0. The molecule has 7 nitrogen and oxygen atoms in total. The largest absolute Gasteiger partial charge is 0.307 e. The van der Waals surface area contributed by atoms with Gasteiger partial charge in [0.25, 0.3) is 11.4 Å². The highest BCUT2D eigenvalue weighted by molar-refractivity contribution is 7.94. The predicted molar refractivity (Wildman–Crippen MR) is 86.3 cm³/mol. The normalized spacial score (nSPS) is 11.9. The van der Waals surface area contributed by atoms with Crippen molar-refractivity contribution in [3.8, 4) is 0 Å². The first-order valence-corrected chi connectivity index (χ1v) is 7.51. The fourth-order valence-electron chi connectivity index (χ4n) is 1.95. The summed E-state index contributed by atoms with van der Waals surface area (Å²) in [7, 11) is 0. The first-order chi connectivity index (χ1) is 11.0. The highest BCUT2D eigenvalue weighted by atomic mass is 32.2. The second-order valence-corrected chi connectivity index (χ2v) is 5.65. The minimum atomic E-state index is -0.666. The highest BCUT2D eigenvalue weighted by Gasteiger charge is 2.21. The Balaban J connectivity index is 2.05. The molecule has 0 saturated heterocycles. The van der Waals surface area contributed by atoms with Crippen molar-refractivity contribution in [1.82, 2.24) is 0 Å². The van der Waals surface area contributed by atoms with Crippen molar-refractivity contribution in [3.63, 3.8) is 0 Å². The fourth-order valence-corrected chi connectivity index (χ4v) is 2.62. The number of hydrogen-bond acceptors (Lipinski definition) is 6. The maximum atomic E-state index is 11.0. The van der Waals surface area contributed by atoms with Gasteiger partial charge in [-0.05, 0) is 25.0 Å². The Morgan fingerprint density at radius 2 is 1.78 bits per heavy atom. The Hall–Kier alpha value is -2.45. The van der Waals surface area contributed by atoms with Crippen LogP contribution in [-0.2, 0) is 10.6 Å². The maximum Gasteiger partial charge on any atom is 0.292 e. The molecule has 0 aliphatic heterocycles. The molecule has 0 amide bonds. The van der Waals surface area contributed by atoms with Crippen LogP contribution < -0.4 is 0 Å². The zero-order chi connectivity index (χ0) is 16.8. The molecular formula is C15H14N2O5S. The topological polar surface area (TPSA) is 95.5 Å². The molecule has 23 heavy (non-hydrogen) atoms. The van der Waals surface area contributed by atoms with E-state index in [2.05, 4.69) is 0 Å². The average molecular weight is 334 g/mol. The number of non-ortho nitro benzene ring substituents is 1. The molecule has 0 aliphatic rings. The van der Waals surface area contributed by atoms with E-state index in [0.29, 0.717) is 6.42 Å². The van der Waals surface area contributed by atoms with Crippen LogP contribution in [0.3, 0.4) is 0 Å². The van der Waals surface area contributed by atoms with Gasteiger partial charge >= 0.3 is 0 Å². The lowest BCUT2D eigenvalue weighted by Crippen LogP contribution is -2.07. The monoisotopic (exact) mass is 334 g/mol. The molecule has 0 unspecified atom stereocenters. The van der Waals surface area contributed by atoms with Crippen molar-refractivity contribution < 1.29 is 14.0 Å². The van der Waals surface area contributed by atoms with Crippen molar-refractivity contribution in [2.75, 3.05) is 0 Å². The maximum absolute atomic E-state index is 11.0. The van der Waals surface area contributed by atoms with Crippen molar-refractivity contribution >= 4 is 23.4 Å². The molecule has 0 fully saturated rings. The Labute approximate surface area is 136 Å². The van der Waals surface area contributed by atoms with Crippen LogP contribution in [0.15, 0.2) is 53.4 Å². The summed E-state index contributed by atoms with van der Waals surface area (Å²) in [5.74, 6) is 0. The third-order valence-electron chi connectivity index (χ3n) is 3.02. The van der Waals surface area contributed by atoms with Gasteiger partial charge in [0.15, 0.2) is 0 Å². The van der Waals surface area contributed by atoms with Gasteiger partial charge in [-0.25, -0.2) is 0 Å². The predicted octanol–water partition coefficient (Wildman–Crippen LogP) is 4.16. The van der Waals surface area contributed by atoms with Crippen LogP contribution >= 0.6 is 12.0 Å². The van der Waals surface area contributed by atoms with Gasteiger partial charge in [0, 0.05) is 18.1 Å². The van der Waals surface area contributed by atoms with Gasteiger partial charge in [-0.15, -0.1) is 0 Å². The van der Waals surface area contributed by atoms with Gasteiger partial charge in [-0.3, -0.25) is 20.2 Å². The number of rotatable bonds is 7. The highest BCUT2D eigenvalue weighted by Crippen LogP contribution is 2.33. The minimum absolute atomic E-state index is 0.169. The first-order valence-electron chi connectivity index (χ1n) is 6.77. The standard InChI is InChI=1S/C15H14N2O5S/c1-11(9-12-5-3-2-4-6-12)22-23-15-8-7-13(16(18)19)10-14(15)17(20)21/h2-8,10-11H,9H2,1H3/t11-/m1/s1. The van der Waals surface area contributed by atoms with E-state index in [1.807, 2.05) is 37.3 Å². The van der Waals surface area contributed by atoms with Gasteiger partial charge in [0.2, 0.25) is 0 Å². The molecule has 0 radical (unpaired) electrons. The van der Waals surface area contributed by atoms with E-state index in [1.54, 1.807) is 0 Å². The van der Waals surface area contributed by atoms with E-state index in [4.69, 9.17) is 4.18 Å². The molecule has 8 heteroatoms. The van der Waals surface area contributed by atoms with Crippen molar-refractivity contribution in [2.45, 2.75) is 24.3 Å². The molecule has 0 aromatic heterocycles. The average Bonchev–Trinajstić information content (AvgIpc) is 2.53. The Bertz CT molecular complexity index is 708. The van der Waals surface area contributed by atoms with E-state index in [-0.39, 0.29) is 22.4 Å². The summed E-state index contributed by atoms with van der Waals surface area (Å²) in [6.45, 7) is 1.86. The zero-order valence-electron chi connectivity index (χ0n) is 12.2. The molecule has 0 spiro atoms. The smallest absolute Gasteiger partial charge is 0.292 e. The Kier molecular flexibility index (Phi) is 5.67. The van der Waals surface area contributed by atoms with Crippen molar-refractivity contribution in [1.29, 1.82) is 0 Å². The van der Waals surface area contributed by atoms with E-state index in [1.165, 1.54) is 12.1 Å². The van der Waals surface area contributed by atoms with Crippen LogP contribution in [0.1, 0.15) is 12.5 Å². The first kappa shape index (κ1) is 16.9. The van der Waals surface area contributed by atoms with E-state index >= 15 is 0 Å². The zero-order valence-corrected chi connectivity index (χ0v) is 13.1. The number of nitro groups is 2. The van der Waals surface area contributed by atoms with Gasteiger partial charge in [-0.1, -0.05) is 30.3 Å². The Morgan fingerprint density at radius 3 is 2.39 bits per heavy atom. The molecule has 2 aromatic rings. The quantitative estimate of drug-likeness (QED) is 0.428. The lowest BCUT2D eigenvalue weighted by molar-refractivity contribution is -0.396. The molecule has 0 N–H and O–H groups in total. The number of benzene rings is 2. The molecule has 2 rings (SSSR count). The van der Waals surface area contributed by atoms with Gasteiger partial charge < -0.3 is 4.18 Å². The van der Waals surface area contributed by atoms with E-state index in [0.717, 1.165) is 23.7 Å². The van der Waals surface area contributed by atoms with Crippen LogP contribution in [0, 0.1) is 20.2 Å². The van der Waals surface area contributed by atoms with Crippen molar-refractivity contribution in [2.24, 2.45) is 0 Å². The summed E-state index contributed by atoms with van der Waals surface area (Å²) in [4.78, 5) is 20.7. The van der Waals surface area contributed by atoms with E-state index in [9.17, 15) is 20.2 Å². The van der Waals surface area contributed by atoms with Gasteiger partial charge in [-0.2, -0.15) is 0 Å². The summed E-state index contributed by atoms with van der Waals surface area (Å²) in [6.07, 6.45) is 0.492. The molecule has 0 aliphatic carbocycles. The summed E-state index contributed by atoms with van der Waals surface area (Å²) in [6, 6.07) is 13.2. The number of nitrogens with zero attached hydrogens (tertiary/aromatic N) is 2. The minimum Gasteiger partial charge on any atom is -0.307 e. The van der Waals surface area contributed by atoms with E-state index < -0.39 is 9.85 Å². The third kappa shape index (κ3) is 4.76. The lowest BCUT2D eigenvalue weighted by Gasteiger charge is -2.11.